The van der Waals surface area contributed by atoms with Crippen LogP contribution in [0.25, 0.3) is 0 Å². The molecule has 72 valence electrons. The summed E-state index contributed by atoms with van der Waals surface area (Å²) in [5.41, 5.74) is 2.33. The van der Waals surface area contributed by atoms with Crippen LogP contribution >= 0.6 is 0 Å². The van der Waals surface area contributed by atoms with Gasteiger partial charge >= 0.3 is 0 Å². The third-order valence-electron chi connectivity index (χ3n) is 2.32. The summed E-state index contributed by atoms with van der Waals surface area (Å²) in [6, 6.07) is 10.7. The molecule has 0 fully saturated rings. The molecular formula is C12H12FN. The molecule has 0 aliphatic carbocycles. The number of aromatic nitrogens is 1. The van der Waals surface area contributed by atoms with Gasteiger partial charge in [0.25, 0.3) is 0 Å². The SMILES string of the molecule is Cc1cccn1Cc1ccc(F)cc1. The molecule has 0 radical (unpaired) electrons. The predicted octanol–water partition coefficient (Wildman–Crippen LogP) is 2.98. The van der Waals surface area contributed by atoms with Gasteiger partial charge in [-0.3, -0.25) is 0 Å². The zero-order chi connectivity index (χ0) is 9.97. The van der Waals surface area contributed by atoms with Gasteiger partial charge in [0, 0.05) is 18.4 Å². The van der Waals surface area contributed by atoms with Gasteiger partial charge in [-0.25, -0.2) is 4.39 Å². The molecule has 0 spiro atoms. The van der Waals surface area contributed by atoms with Crippen molar-refractivity contribution < 1.29 is 4.39 Å². The Balaban J connectivity index is 2.19. The minimum Gasteiger partial charge on any atom is -0.347 e. The molecule has 1 nitrogen and oxygen atoms in total. The summed E-state index contributed by atoms with van der Waals surface area (Å²) >= 11 is 0. The third kappa shape index (κ3) is 1.84. The number of hydrogen-bond donors (Lipinski definition) is 0. The first-order chi connectivity index (χ1) is 6.75. The molecular weight excluding hydrogens is 177 g/mol. The van der Waals surface area contributed by atoms with Crippen molar-refractivity contribution in [3.05, 3.63) is 59.7 Å². The van der Waals surface area contributed by atoms with E-state index in [-0.39, 0.29) is 5.82 Å². The Morgan fingerprint density at radius 3 is 2.43 bits per heavy atom. The molecule has 2 rings (SSSR count). The van der Waals surface area contributed by atoms with Crippen molar-refractivity contribution in [2.45, 2.75) is 13.5 Å². The second-order valence-corrected chi connectivity index (χ2v) is 3.40. The van der Waals surface area contributed by atoms with Gasteiger partial charge in [-0.15, -0.1) is 0 Å². The molecule has 14 heavy (non-hydrogen) atoms. The largest absolute Gasteiger partial charge is 0.347 e. The fourth-order valence-corrected chi connectivity index (χ4v) is 1.46. The van der Waals surface area contributed by atoms with Crippen molar-refractivity contribution >= 4 is 0 Å². The molecule has 0 N–H and O–H groups in total. The average Bonchev–Trinajstić information content (AvgIpc) is 2.56. The fraction of sp³-hybridized carbons (Fsp3) is 0.167. The minimum absolute atomic E-state index is 0.182. The van der Waals surface area contributed by atoms with E-state index in [1.807, 2.05) is 24.4 Å². The van der Waals surface area contributed by atoms with Crippen LogP contribution in [0.3, 0.4) is 0 Å². The lowest BCUT2D eigenvalue weighted by Crippen LogP contribution is -1.99. The van der Waals surface area contributed by atoms with E-state index in [9.17, 15) is 4.39 Å². The second kappa shape index (κ2) is 3.66. The van der Waals surface area contributed by atoms with Gasteiger partial charge in [-0.1, -0.05) is 12.1 Å². The average molecular weight is 189 g/mol. The monoisotopic (exact) mass is 189 g/mol. The van der Waals surface area contributed by atoms with Crippen LogP contribution in [-0.2, 0) is 6.54 Å². The molecule has 0 aliphatic rings. The maximum atomic E-state index is 12.6. The maximum Gasteiger partial charge on any atom is 0.123 e. The van der Waals surface area contributed by atoms with Gasteiger partial charge in [0.1, 0.15) is 5.82 Å². The molecule has 0 amide bonds. The van der Waals surface area contributed by atoms with Gasteiger partial charge in [-0.2, -0.15) is 0 Å². The Morgan fingerprint density at radius 2 is 1.86 bits per heavy atom. The number of nitrogens with zero attached hydrogens (tertiary/aromatic N) is 1. The Labute approximate surface area is 82.8 Å². The van der Waals surface area contributed by atoms with Gasteiger partial charge in [0.2, 0.25) is 0 Å². The quantitative estimate of drug-likeness (QED) is 0.684. The lowest BCUT2D eigenvalue weighted by molar-refractivity contribution is 0.626. The molecule has 0 atom stereocenters. The van der Waals surface area contributed by atoms with Gasteiger partial charge in [-0.05, 0) is 36.8 Å². The summed E-state index contributed by atoms with van der Waals surface area (Å²) in [7, 11) is 0. The number of hydrogen-bond acceptors (Lipinski definition) is 0. The van der Waals surface area contributed by atoms with Gasteiger partial charge < -0.3 is 4.57 Å². The van der Waals surface area contributed by atoms with Crippen LogP contribution in [0.1, 0.15) is 11.3 Å². The number of benzene rings is 1. The molecule has 0 bridgehead atoms. The van der Waals surface area contributed by atoms with E-state index in [1.54, 1.807) is 0 Å². The van der Waals surface area contributed by atoms with Crippen LogP contribution < -0.4 is 0 Å². The predicted molar refractivity (Wildman–Crippen MR) is 54.7 cm³/mol. The van der Waals surface area contributed by atoms with Crippen molar-refractivity contribution in [2.24, 2.45) is 0 Å². The second-order valence-electron chi connectivity index (χ2n) is 3.40. The summed E-state index contributed by atoms with van der Waals surface area (Å²) in [5, 5.41) is 0. The zero-order valence-electron chi connectivity index (χ0n) is 8.07. The normalized spacial score (nSPS) is 10.4. The van der Waals surface area contributed by atoms with Crippen LogP contribution in [0.15, 0.2) is 42.6 Å². The van der Waals surface area contributed by atoms with E-state index in [4.69, 9.17) is 0 Å². The first-order valence-electron chi connectivity index (χ1n) is 4.62. The van der Waals surface area contributed by atoms with Crippen molar-refractivity contribution in [1.29, 1.82) is 0 Å². The molecule has 0 saturated carbocycles. The smallest absolute Gasteiger partial charge is 0.123 e. The molecule has 2 aromatic rings. The topological polar surface area (TPSA) is 4.93 Å². The highest BCUT2D eigenvalue weighted by Gasteiger charge is 1.97. The van der Waals surface area contributed by atoms with Crippen LogP contribution in [0.4, 0.5) is 4.39 Å². The van der Waals surface area contributed by atoms with Crippen LogP contribution in [0.2, 0.25) is 0 Å². The molecule has 0 unspecified atom stereocenters. The zero-order valence-corrected chi connectivity index (χ0v) is 8.07. The minimum atomic E-state index is -0.182. The first kappa shape index (κ1) is 9.00. The van der Waals surface area contributed by atoms with Gasteiger partial charge in [0.05, 0.1) is 0 Å². The Bertz CT molecular complexity index is 414. The fourth-order valence-electron chi connectivity index (χ4n) is 1.46. The Kier molecular flexibility index (Phi) is 2.35. The molecule has 1 aromatic heterocycles. The number of halogens is 1. The van der Waals surface area contributed by atoms with Crippen molar-refractivity contribution in [3.8, 4) is 0 Å². The summed E-state index contributed by atoms with van der Waals surface area (Å²) in [6.07, 6.45) is 2.03. The summed E-state index contributed by atoms with van der Waals surface area (Å²) in [4.78, 5) is 0. The molecule has 0 aliphatic heterocycles. The van der Waals surface area contributed by atoms with Crippen LogP contribution in [0, 0.1) is 12.7 Å². The highest BCUT2D eigenvalue weighted by atomic mass is 19.1. The van der Waals surface area contributed by atoms with Crippen molar-refractivity contribution in [2.75, 3.05) is 0 Å². The standard InChI is InChI=1S/C12H12FN/c1-10-3-2-8-14(10)9-11-4-6-12(13)7-5-11/h2-8H,9H2,1H3. The van der Waals surface area contributed by atoms with E-state index < -0.39 is 0 Å². The lowest BCUT2D eigenvalue weighted by atomic mass is 10.2. The number of aryl methyl sites for hydroxylation is 1. The van der Waals surface area contributed by atoms with Crippen LogP contribution in [-0.4, -0.2) is 4.57 Å². The Hall–Kier alpha value is -1.57. The van der Waals surface area contributed by atoms with E-state index in [0.717, 1.165) is 12.1 Å². The first-order valence-corrected chi connectivity index (χ1v) is 4.62. The summed E-state index contributed by atoms with van der Waals surface area (Å²) < 4.78 is 14.8. The highest BCUT2D eigenvalue weighted by molar-refractivity contribution is 5.18. The molecule has 1 heterocycles. The van der Waals surface area contributed by atoms with E-state index in [1.165, 1.54) is 17.8 Å². The lowest BCUT2D eigenvalue weighted by Gasteiger charge is -2.05. The maximum absolute atomic E-state index is 12.6. The van der Waals surface area contributed by atoms with Crippen LogP contribution in [0.5, 0.6) is 0 Å². The van der Waals surface area contributed by atoms with E-state index in [2.05, 4.69) is 17.6 Å². The molecule has 1 aromatic carbocycles. The van der Waals surface area contributed by atoms with Gasteiger partial charge in [0.15, 0.2) is 0 Å². The van der Waals surface area contributed by atoms with E-state index in [0.29, 0.717) is 0 Å². The van der Waals surface area contributed by atoms with Crippen molar-refractivity contribution in [1.82, 2.24) is 4.57 Å². The number of rotatable bonds is 2. The van der Waals surface area contributed by atoms with Crippen molar-refractivity contribution in [3.63, 3.8) is 0 Å². The third-order valence-corrected chi connectivity index (χ3v) is 2.32. The molecule has 0 saturated heterocycles. The van der Waals surface area contributed by atoms with E-state index >= 15 is 0 Å². The highest BCUT2D eigenvalue weighted by Crippen LogP contribution is 2.07. The summed E-state index contributed by atoms with van der Waals surface area (Å²) in [5.74, 6) is -0.182. The molecule has 2 heteroatoms. The Morgan fingerprint density at radius 1 is 1.14 bits per heavy atom. The summed E-state index contributed by atoms with van der Waals surface area (Å²) in [6.45, 7) is 2.86.